The second-order valence-electron chi connectivity index (χ2n) is 5.72. The number of rotatable bonds is 4. The van der Waals surface area contributed by atoms with Crippen molar-refractivity contribution in [2.45, 2.75) is 25.2 Å². The molecule has 0 bridgehead atoms. The number of halogens is 3. The molecule has 1 N–H and O–H groups in total. The Hall–Kier alpha value is -2.67. The topological polar surface area (TPSA) is 55.1 Å². The molecule has 0 aliphatic heterocycles. The summed E-state index contributed by atoms with van der Waals surface area (Å²) in [6.45, 7) is -0.525. The van der Waals surface area contributed by atoms with Gasteiger partial charge in [-0.25, -0.2) is 4.68 Å². The molecule has 3 rings (SSSR count). The lowest BCUT2D eigenvalue weighted by molar-refractivity contribution is -0.155. The minimum absolute atomic E-state index is 0.343. The van der Waals surface area contributed by atoms with Crippen LogP contribution in [0.25, 0.3) is 22.0 Å². The molecule has 1 heterocycles. The Morgan fingerprint density at radius 3 is 2.24 bits per heavy atom. The summed E-state index contributed by atoms with van der Waals surface area (Å²) >= 11 is 0. The maximum atomic E-state index is 12.5. The highest BCUT2D eigenvalue weighted by molar-refractivity contribution is 5.93. The van der Waals surface area contributed by atoms with Crippen LogP contribution >= 0.6 is 0 Å². The van der Waals surface area contributed by atoms with Gasteiger partial charge >= 0.3 is 6.18 Å². The Labute approximate surface area is 141 Å². The van der Waals surface area contributed by atoms with Crippen LogP contribution in [-0.2, 0) is 6.54 Å². The molecule has 3 aromatic rings. The maximum Gasteiger partial charge on any atom is 0.391 e. The highest BCUT2D eigenvalue weighted by Gasteiger charge is 2.31. The fraction of sp³-hybridized carbons (Fsp3) is 0.222. The number of aromatic nitrogens is 2. The number of hydrogen-bond acceptors (Lipinski definition) is 3. The van der Waals surface area contributed by atoms with Crippen LogP contribution in [0.1, 0.15) is 6.42 Å². The minimum Gasteiger partial charge on any atom is -0.391 e. The van der Waals surface area contributed by atoms with Gasteiger partial charge < -0.3 is 5.11 Å². The summed E-state index contributed by atoms with van der Waals surface area (Å²) in [4.78, 5) is 12.5. The zero-order valence-electron chi connectivity index (χ0n) is 13.1. The van der Waals surface area contributed by atoms with E-state index in [1.807, 2.05) is 6.07 Å². The third-order valence-electron chi connectivity index (χ3n) is 3.77. The number of hydrogen-bond donors (Lipinski definition) is 1. The van der Waals surface area contributed by atoms with Crippen LogP contribution in [-0.4, -0.2) is 27.2 Å². The smallest absolute Gasteiger partial charge is 0.391 e. The van der Waals surface area contributed by atoms with Crippen molar-refractivity contribution >= 4 is 10.8 Å². The summed E-state index contributed by atoms with van der Waals surface area (Å²) in [6, 6.07) is 15.8. The van der Waals surface area contributed by atoms with E-state index < -0.39 is 30.8 Å². The molecule has 2 aromatic carbocycles. The van der Waals surface area contributed by atoms with E-state index in [-0.39, 0.29) is 0 Å². The van der Waals surface area contributed by atoms with Crippen LogP contribution in [0.4, 0.5) is 13.2 Å². The molecule has 1 aromatic heterocycles. The number of fused-ring (bicyclic) bond motifs is 1. The molecule has 4 nitrogen and oxygen atoms in total. The van der Waals surface area contributed by atoms with E-state index in [9.17, 15) is 23.1 Å². The van der Waals surface area contributed by atoms with E-state index in [0.717, 1.165) is 10.2 Å². The molecule has 0 amide bonds. The minimum atomic E-state index is -4.51. The van der Waals surface area contributed by atoms with Crippen LogP contribution < -0.4 is 5.56 Å². The first-order chi connectivity index (χ1) is 11.8. The van der Waals surface area contributed by atoms with Crippen molar-refractivity contribution in [3.05, 3.63) is 65.0 Å². The van der Waals surface area contributed by atoms with Crippen molar-refractivity contribution < 1.29 is 18.3 Å². The van der Waals surface area contributed by atoms with E-state index in [4.69, 9.17) is 0 Å². The van der Waals surface area contributed by atoms with E-state index in [2.05, 4.69) is 5.10 Å². The third kappa shape index (κ3) is 3.88. The Bertz CT molecular complexity index is 936. The van der Waals surface area contributed by atoms with Gasteiger partial charge in [0.15, 0.2) is 0 Å². The first kappa shape index (κ1) is 17.2. The van der Waals surface area contributed by atoms with Crippen molar-refractivity contribution in [2.75, 3.05) is 0 Å². The van der Waals surface area contributed by atoms with Crippen molar-refractivity contribution in [1.29, 1.82) is 0 Å². The first-order valence-electron chi connectivity index (χ1n) is 7.65. The molecule has 0 aliphatic carbocycles. The van der Waals surface area contributed by atoms with Gasteiger partial charge in [-0.15, -0.1) is 0 Å². The molecule has 1 unspecified atom stereocenters. The van der Waals surface area contributed by atoms with Gasteiger partial charge in [0.25, 0.3) is 5.56 Å². The predicted octanol–water partition coefficient (Wildman–Crippen LogP) is 3.38. The molecule has 7 heteroatoms. The highest BCUT2D eigenvalue weighted by Crippen LogP contribution is 2.25. The van der Waals surface area contributed by atoms with Crippen LogP contribution in [0.5, 0.6) is 0 Å². The molecule has 0 saturated heterocycles. The van der Waals surface area contributed by atoms with Crippen molar-refractivity contribution in [1.82, 2.24) is 9.78 Å². The van der Waals surface area contributed by atoms with Gasteiger partial charge in [-0.05, 0) is 6.07 Å². The molecule has 0 aliphatic rings. The standard InChI is InChI=1S/C18H15F3N2O2/c19-18(20,21)10-13(24)11-23-17(25)15-9-5-4-8-14(15)16(22-23)12-6-2-1-3-7-12/h1-9,13,24H,10-11H2. The van der Waals surface area contributed by atoms with Gasteiger partial charge in [0.05, 0.1) is 30.1 Å². The maximum absolute atomic E-state index is 12.5. The summed E-state index contributed by atoms with van der Waals surface area (Å²) in [7, 11) is 0. The zero-order valence-corrected chi connectivity index (χ0v) is 13.1. The molecule has 0 fully saturated rings. The highest BCUT2D eigenvalue weighted by atomic mass is 19.4. The molecule has 0 radical (unpaired) electrons. The Kier molecular flexibility index (Phi) is 4.59. The van der Waals surface area contributed by atoms with Crippen LogP contribution in [0.3, 0.4) is 0 Å². The molecule has 0 spiro atoms. The summed E-state index contributed by atoms with van der Waals surface area (Å²) in [5, 5.41) is 14.8. The normalized spacial score (nSPS) is 13.1. The van der Waals surface area contributed by atoms with Gasteiger partial charge in [-0.3, -0.25) is 4.79 Å². The molecule has 0 saturated carbocycles. The van der Waals surface area contributed by atoms with E-state index in [0.29, 0.717) is 16.5 Å². The fourth-order valence-corrected chi connectivity index (χ4v) is 2.70. The summed E-state index contributed by atoms with van der Waals surface area (Å²) < 4.78 is 38.2. The Morgan fingerprint density at radius 1 is 1.00 bits per heavy atom. The zero-order chi connectivity index (χ0) is 18.0. The van der Waals surface area contributed by atoms with Gasteiger partial charge in [0, 0.05) is 10.9 Å². The van der Waals surface area contributed by atoms with Crippen LogP contribution in [0.15, 0.2) is 59.4 Å². The van der Waals surface area contributed by atoms with Crippen LogP contribution in [0.2, 0.25) is 0 Å². The number of alkyl halides is 3. The summed E-state index contributed by atoms with van der Waals surface area (Å²) in [6.07, 6.45) is -7.65. The SMILES string of the molecule is O=c1c2ccccc2c(-c2ccccc2)nn1CC(O)CC(F)(F)F. The predicted molar refractivity (Wildman–Crippen MR) is 88.1 cm³/mol. The van der Waals surface area contributed by atoms with E-state index in [1.54, 1.807) is 48.5 Å². The Balaban J connectivity index is 2.11. The number of aliphatic hydroxyl groups excluding tert-OH is 1. The number of benzene rings is 2. The summed E-state index contributed by atoms with van der Waals surface area (Å²) in [5.41, 5.74) is 0.685. The number of aliphatic hydroxyl groups is 1. The average Bonchev–Trinajstić information content (AvgIpc) is 2.56. The average molecular weight is 348 g/mol. The molecular formula is C18H15F3N2O2. The lowest BCUT2D eigenvalue weighted by Gasteiger charge is -2.16. The monoisotopic (exact) mass is 348 g/mol. The Morgan fingerprint density at radius 2 is 1.60 bits per heavy atom. The lowest BCUT2D eigenvalue weighted by Crippen LogP contribution is -2.32. The molecular weight excluding hydrogens is 333 g/mol. The third-order valence-corrected chi connectivity index (χ3v) is 3.77. The van der Waals surface area contributed by atoms with E-state index in [1.165, 1.54) is 0 Å². The first-order valence-corrected chi connectivity index (χ1v) is 7.65. The van der Waals surface area contributed by atoms with Gasteiger partial charge in [-0.2, -0.15) is 18.3 Å². The van der Waals surface area contributed by atoms with Gasteiger partial charge in [0.2, 0.25) is 0 Å². The second kappa shape index (κ2) is 6.68. The largest absolute Gasteiger partial charge is 0.391 e. The van der Waals surface area contributed by atoms with Crippen molar-refractivity contribution in [2.24, 2.45) is 0 Å². The summed E-state index contributed by atoms with van der Waals surface area (Å²) in [5.74, 6) is 0. The fourth-order valence-electron chi connectivity index (χ4n) is 2.70. The van der Waals surface area contributed by atoms with Gasteiger partial charge in [0.1, 0.15) is 0 Å². The van der Waals surface area contributed by atoms with Crippen LogP contribution in [0, 0.1) is 0 Å². The molecule has 25 heavy (non-hydrogen) atoms. The molecule has 130 valence electrons. The second-order valence-corrected chi connectivity index (χ2v) is 5.72. The molecule has 1 atom stereocenters. The lowest BCUT2D eigenvalue weighted by atomic mass is 10.1. The quantitative estimate of drug-likeness (QED) is 0.786. The van der Waals surface area contributed by atoms with Gasteiger partial charge in [-0.1, -0.05) is 48.5 Å². The van der Waals surface area contributed by atoms with E-state index >= 15 is 0 Å². The van der Waals surface area contributed by atoms with Crippen molar-refractivity contribution in [3.8, 4) is 11.3 Å². The van der Waals surface area contributed by atoms with Crippen molar-refractivity contribution in [3.63, 3.8) is 0 Å². The number of nitrogens with zero attached hydrogens (tertiary/aromatic N) is 2.